The lowest BCUT2D eigenvalue weighted by molar-refractivity contribution is 0.0987. The molecule has 0 aliphatic heterocycles. The van der Waals surface area contributed by atoms with Crippen LogP contribution in [0.1, 0.15) is 26.8 Å². The maximum Gasteiger partial charge on any atom is 0.201 e. The van der Waals surface area contributed by atoms with Gasteiger partial charge in [0, 0.05) is 6.61 Å². The van der Waals surface area contributed by atoms with Crippen molar-refractivity contribution in [1.82, 2.24) is 9.55 Å². The molecule has 2 aromatic rings. The molecule has 0 bridgehead atoms. The SMILES string of the molecule is CCOCC(C(C)C)n1c(N)nc2cc(Cl)c(Cl)cc21. The average Bonchev–Trinajstić information content (AvgIpc) is 2.67. The van der Waals surface area contributed by atoms with E-state index in [1.54, 1.807) is 6.07 Å². The number of aromatic nitrogens is 2. The molecule has 4 nitrogen and oxygen atoms in total. The van der Waals surface area contributed by atoms with Crippen LogP contribution in [0.25, 0.3) is 11.0 Å². The molecule has 0 aliphatic carbocycles. The zero-order valence-corrected chi connectivity index (χ0v) is 13.4. The van der Waals surface area contributed by atoms with Crippen molar-refractivity contribution in [2.45, 2.75) is 26.8 Å². The van der Waals surface area contributed by atoms with E-state index in [0.717, 1.165) is 11.0 Å². The molecule has 0 radical (unpaired) electrons. The van der Waals surface area contributed by atoms with Crippen molar-refractivity contribution in [2.75, 3.05) is 18.9 Å². The van der Waals surface area contributed by atoms with Crippen LogP contribution in [0.2, 0.25) is 10.0 Å². The van der Waals surface area contributed by atoms with E-state index in [9.17, 15) is 0 Å². The third-order valence-corrected chi connectivity index (χ3v) is 4.07. The first-order chi connectivity index (χ1) is 9.45. The van der Waals surface area contributed by atoms with Crippen LogP contribution >= 0.6 is 23.2 Å². The minimum Gasteiger partial charge on any atom is -0.380 e. The lowest BCUT2D eigenvalue weighted by atomic mass is 10.0. The summed E-state index contributed by atoms with van der Waals surface area (Å²) >= 11 is 12.1. The van der Waals surface area contributed by atoms with E-state index in [2.05, 4.69) is 18.8 Å². The molecule has 1 atom stereocenters. The van der Waals surface area contributed by atoms with Crippen LogP contribution in [0.5, 0.6) is 0 Å². The normalized spacial score (nSPS) is 13.3. The van der Waals surface area contributed by atoms with Gasteiger partial charge in [0.2, 0.25) is 5.95 Å². The van der Waals surface area contributed by atoms with E-state index in [-0.39, 0.29) is 6.04 Å². The monoisotopic (exact) mass is 315 g/mol. The third-order valence-electron chi connectivity index (χ3n) is 3.35. The van der Waals surface area contributed by atoms with Crippen LogP contribution in [0, 0.1) is 5.92 Å². The molecule has 0 saturated carbocycles. The zero-order chi connectivity index (χ0) is 14.9. The van der Waals surface area contributed by atoms with Gasteiger partial charge in [-0.25, -0.2) is 4.98 Å². The van der Waals surface area contributed by atoms with Gasteiger partial charge in [0.15, 0.2) is 0 Å². The van der Waals surface area contributed by atoms with Crippen LogP contribution in [-0.4, -0.2) is 22.8 Å². The summed E-state index contributed by atoms with van der Waals surface area (Å²) in [6.07, 6.45) is 0. The van der Waals surface area contributed by atoms with Gasteiger partial charge in [0.05, 0.1) is 33.7 Å². The van der Waals surface area contributed by atoms with E-state index >= 15 is 0 Å². The molecule has 1 unspecified atom stereocenters. The summed E-state index contributed by atoms with van der Waals surface area (Å²) in [7, 11) is 0. The number of rotatable bonds is 5. The van der Waals surface area contributed by atoms with Crippen LogP contribution in [0.15, 0.2) is 12.1 Å². The molecule has 0 aliphatic rings. The van der Waals surface area contributed by atoms with Gasteiger partial charge in [-0.05, 0) is 25.0 Å². The maximum absolute atomic E-state index is 6.11. The highest BCUT2D eigenvalue weighted by atomic mass is 35.5. The standard InChI is InChI=1S/C14H19Cl2N3O/c1-4-20-7-13(8(2)3)19-12-6-10(16)9(15)5-11(12)18-14(19)17/h5-6,8,13H,4,7H2,1-3H3,(H2,17,18). The Kier molecular flexibility index (Phi) is 4.78. The number of hydrogen-bond acceptors (Lipinski definition) is 3. The summed E-state index contributed by atoms with van der Waals surface area (Å²) in [5.74, 6) is 0.812. The number of benzene rings is 1. The Morgan fingerprint density at radius 1 is 1.30 bits per heavy atom. The van der Waals surface area contributed by atoms with Gasteiger partial charge < -0.3 is 15.0 Å². The summed E-state index contributed by atoms with van der Waals surface area (Å²) in [4.78, 5) is 4.37. The first-order valence-corrected chi connectivity index (χ1v) is 7.41. The molecule has 20 heavy (non-hydrogen) atoms. The lowest BCUT2D eigenvalue weighted by Gasteiger charge is -2.24. The first kappa shape index (κ1) is 15.4. The smallest absolute Gasteiger partial charge is 0.201 e. The topological polar surface area (TPSA) is 53.1 Å². The average molecular weight is 316 g/mol. The van der Waals surface area contributed by atoms with Crippen molar-refractivity contribution < 1.29 is 4.74 Å². The van der Waals surface area contributed by atoms with Gasteiger partial charge in [-0.15, -0.1) is 0 Å². The second-order valence-electron chi connectivity index (χ2n) is 5.07. The molecule has 2 rings (SSSR count). The summed E-state index contributed by atoms with van der Waals surface area (Å²) in [5, 5.41) is 0.981. The fourth-order valence-corrected chi connectivity index (χ4v) is 2.58. The molecule has 2 N–H and O–H groups in total. The van der Waals surface area contributed by atoms with Crippen molar-refractivity contribution >= 4 is 40.2 Å². The molecule has 6 heteroatoms. The second-order valence-corrected chi connectivity index (χ2v) is 5.88. The number of nitrogen functional groups attached to an aromatic ring is 1. The van der Waals surface area contributed by atoms with Crippen molar-refractivity contribution in [3.05, 3.63) is 22.2 Å². The highest BCUT2D eigenvalue weighted by Crippen LogP contribution is 2.33. The number of fused-ring (bicyclic) bond motifs is 1. The molecule has 0 fully saturated rings. The Morgan fingerprint density at radius 3 is 2.55 bits per heavy atom. The van der Waals surface area contributed by atoms with Gasteiger partial charge in [-0.1, -0.05) is 37.0 Å². The fraction of sp³-hybridized carbons (Fsp3) is 0.500. The van der Waals surface area contributed by atoms with E-state index in [1.165, 1.54) is 0 Å². The number of ether oxygens (including phenoxy) is 1. The molecule has 1 aromatic heterocycles. The van der Waals surface area contributed by atoms with Gasteiger partial charge in [-0.3, -0.25) is 0 Å². The van der Waals surface area contributed by atoms with Crippen LogP contribution in [0.3, 0.4) is 0 Å². The van der Waals surface area contributed by atoms with Crippen LogP contribution < -0.4 is 5.73 Å². The Morgan fingerprint density at radius 2 is 1.95 bits per heavy atom. The van der Waals surface area contributed by atoms with Crippen LogP contribution in [-0.2, 0) is 4.74 Å². The minimum absolute atomic E-state index is 0.109. The lowest BCUT2D eigenvalue weighted by Crippen LogP contribution is -2.22. The Balaban J connectivity index is 2.56. The molecule has 1 heterocycles. The molecular weight excluding hydrogens is 297 g/mol. The van der Waals surface area contributed by atoms with E-state index < -0.39 is 0 Å². The summed E-state index contributed by atoms with van der Waals surface area (Å²) in [6, 6.07) is 3.66. The number of imidazole rings is 1. The van der Waals surface area contributed by atoms with Crippen LogP contribution in [0.4, 0.5) is 5.95 Å². The summed E-state index contributed by atoms with van der Waals surface area (Å²) < 4.78 is 7.56. The molecule has 0 amide bonds. The van der Waals surface area contributed by atoms with Gasteiger partial charge in [-0.2, -0.15) is 0 Å². The highest BCUT2D eigenvalue weighted by molar-refractivity contribution is 6.42. The summed E-state index contributed by atoms with van der Waals surface area (Å²) in [6.45, 7) is 7.49. The largest absolute Gasteiger partial charge is 0.380 e. The summed E-state index contributed by atoms with van der Waals surface area (Å²) in [5.41, 5.74) is 7.71. The predicted octanol–water partition coefficient (Wildman–Crippen LogP) is 4.16. The molecular formula is C14H19Cl2N3O. The predicted molar refractivity (Wildman–Crippen MR) is 84.5 cm³/mol. The number of nitrogens with two attached hydrogens (primary N) is 1. The van der Waals surface area contributed by atoms with Crippen molar-refractivity contribution in [2.24, 2.45) is 5.92 Å². The molecule has 1 aromatic carbocycles. The number of anilines is 1. The quantitative estimate of drug-likeness (QED) is 0.901. The van der Waals surface area contributed by atoms with Gasteiger partial charge >= 0.3 is 0 Å². The van der Waals surface area contributed by atoms with Crippen molar-refractivity contribution in [3.63, 3.8) is 0 Å². The van der Waals surface area contributed by atoms with E-state index in [1.807, 2.05) is 17.6 Å². The third kappa shape index (κ3) is 2.87. The number of halogens is 2. The van der Waals surface area contributed by atoms with E-state index in [4.69, 9.17) is 33.7 Å². The number of nitrogens with zero attached hydrogens (tertiary/aromatic N) is 2. The minimum atomic E-state index is 0.109. The second kappa shape index (κ2) is 6.20. The zero-order valence-electron chi connectivity index (χ0n) is 11.9. The van der Waals surface area contributed by atoms with Crippen molar-refractivity contribution in [3.8, 4) is 0 Å². The first-order valence-electron chi connectivity index (χ1n) is 6.65. The van der Waals surface area contributed by atoms with Crippen molar-refractivity contribution in [1.29, 1.82) is 0 Å². The Labute approximate surface area is 128 Å². The van der Waals surface area contributed by atoms with Gasteiger partial charge in [0.25, 0.3) is 0 Å². The van der Waals surface area contributed by atoms with Gasteiger partial charge in [0.1, 0.15) is 0 Å². The van der Waals surface area contributed by atoms with E-state index in [0.29, 0.717) is 35.1 Å². The molecule has 110 valence electrons. The highest BCUT2D eigenvalue weighted by Gasteiger charge is 2.22. The Hall–Kier alpha value is -0.970. The fourth-order valence-electron chi connectivity index (χ4n) is 2.26. The molecule has 0 saturated heterocycles. The maximum atomic E-state index is 6.11. The number of hydrogen-bond donors (Lipinski definition) is 1. The Bertz CT molecular complexity index is 610. The molecule has 0 spiro atoms.